The van der Waals surface area contributed by atoms with Crippen molar-refractivity contribution in [2.45, 2.75) is 25.8 Å². The highest BCUT2D eigenvalue weighted by molar-refractivity contribution is 14.0. The lowest BCUT2D eigenvalue weighted by Crippen LogP contribution is -2.47. The van der Waals surface area contributed by atoms with E-state index < -0.39 is 0 Å². The van der Waals surface area contributed by atoms with Crippen molar-refractivity contribution in [1.29, 1.82) is 0 Å². The number of nitrogens with one attached hydrogen (secondary N) is 3. The van der Waals surface area contributed by atoms with Crippen molar-refractivity contribution in [3.05, 3.63) is 28.7 Å². The second kappa shape index (κ2) is 11.6. The van der Waals surface area contributed by atoms with Crippen LogP contribution >= 0.6 is 39.9 Å². The van der Waals surface area contributed by atoms with Crippen LogP contribution in [0.3, 0.4) is 0 Å². The van der Waals surface area contributed by atoms with Crippen LogP contribution in [0.15, 0.2) is 33.7 Å². The average Bonchev–Trinajstić information content (AvgIpc) is 3.05. The number of rotatable bonds is 6. The van der Waals surface area contributed by atoms with E-state index >= 15 is 0 Å². The minimum Gasteiger partial charge on any atom is -0.368 e. The number of anilines is 1. The predicted octanol–water partition coefficient (Wildman–Crippen LogP) is 2.34. The van der Waals surface area contributed by atoms with Crippen molar-refractivity contribution in [3.63, 3.8) is 0 Å². The number of carbonyl (C=O) groups excluding carboxylic acids is 1. The zero-order chi connectivity index (χ0) is 17.4. The summed E-state index contributed by atoms with van der Waals surface area (Å²) in [6.45, 7) is 4.88. The van der Waals surface area contributed by atoms with Crippen molar-refractivity contribution in [2.24, 2.45) is 4.99 Å². The summed E-state index contributed by atoms with van der Waals surface area (Å²) in [6, 6.07) is 8.57. The molecule has 0 saturated carbocycles. The molecule has 140 valence electrons. The molecule has 1 aliphatic heterocycles. The Hall–Kier alpha value is -1.03. The first-order chi connectivity index (χ1) is 11.6. The predicted molar refractivity (Wildman–Crippen MR) is 118 cm³/mol. The maximum atomic E-state index is 11.7. The molecule has 1 aromatic rings. The van der Waals surface area contributed by atoms with Gasteiger partial charge in [0.15, 0.2) is 5.96 Å². The van der Waals surface area contributed by atoms with Gasteiger partial charge in [-0.1, -0.05) is 19.1 Å². The number of aliphatic imine (C=N–C) groups is 1. The zero-order valence-electron chi connectivity index (χ0n) is 14.7. The Morgan fingerprint density at radius 2 is 2.12 bits per heavy atom. The van der Waals surface area contributed by atoms with Crippen LogP contribution in [0.1, 0.15) is 19.8 Å². The maximum absolute atomic E-state index is 11.7. The first-order valence-corrected chi connectivity index (χ1v) is 9.16. The van der Waals surface area contributed by atoms with Gasteiger partial charge in [0.05, 0.1) is 12.2 Å². The topological polar surface area (TPSA) is 68.8 Å². The molecule has 3 N–H and O–H groups in total. The van der Waals surface area contributed by atoms with E-state index in [9.17, 15) is 4.79 Å². The molecule has 8 heteroatoms. The van der Waals surface area contributed by atoms with Crippen LogP contribution in [0.4, 0.5) is 5.69 Å². The molecule has 0 spiro atoms. The van der Waals surface area contributed by atoms with E-state index in [1.807, 2.05) is 13.0 Å². The first kappa shape index (κ1) is 22.0. The van der Waals surface area contributed by atoms with Crippen molar-refractivity contribution in [1.82, 2.24) is 16.0 Å². The van der Waals surface area contributed by atoms with Gasteiger partial charge in [0.25, 0.3) is 0 Å². The Labute approximate surface area is 175 Å². The monoisotopic (exact) mass is 523 g/mol. The Kier molecular flexibility index (Phi) is 10.2. The van der Waals surface area contributed by atoms with E-state index in [1.165, 1.54) is 5.69 Å². The lowest BCUT2D eigenvalue weighted by molar-refractivity contribution is -0.120. The number of hydrogen-bond acceptors (Lipinski definition) is 3. The van der Waals surface area contributed by atoms with Gasteiger partial charge in [0.1, 0.15) is 0 Å². The number of benzene rings is 1. The molecule has 1 fully saturated rings. The van der Waals surface area contributed by atoms with Crippen LogP contribution in [0.5, 0.6) is 0 Å². The highest BCUT2D eigenvalue weighted by Crippen LogP contribution is 2.28. The number of nitrogens with zero attached hydrogens (tertiary/aromatic N) is 2. The fourth-order valence-electron chi connectivity index (χ4n) is 2.68. The molecular formula is C17H27BrIN5O. The summed E-state index contributed by atoms with van der Waals surface area (Å²) in [5.41, 5.74) is 1.21. The SMILES string of the molecule is CCCNC(=O)CNC(=NC)NC1CCN(c2ccccc2Br)C1.I. The Balaban J connectivity index is 0.00000312. The lowest BCUT2D eigenvalue weighted by Gasteiger charge is -2.21. The van der Waals surface area contributed by atoms with Crippen LogP contribution in [0, 0.1) is 0 Å². The van der Waals surface area contributed by atoms with Crippen LogP contribution in [-0.2, 0) is 4.79 Å². The van der Waals surface area contributed by atoms with Gasteiger partial charge in [-0.05, 0) is 40.9 Å². The number of hydrogen-bond donors (Lipinski definition) is 3. The first-order valence-electron chi connectivity index (χ1n) is 8.37. The summed E-state index contributed by atoms with van der Waals surface area (Å²) in [6.07, 6.45) is 1.97. The molecule has 1 aliphatic rings. The van der Waals surface area contributed by atoms with Crippen molar-refractivity contribution >= 4 is 57.5 Å². The molecule has 25 heavy (non-hydrogen) atoms. The molecule has 0 bridgehead atoms. The van der Waals surface area contributed by atoms with Gasteiger partial charge in [-0.3, -0.25) is 9.79 Å². The molecule has 2 rings (SSSR count). The zero-order valence-corrected chi connectivity index (χ0v) is 18.6. The molecule has 1 heterocycles. The molecular weight excluding hydrogens is 497 g/mol. The summed E-state index contributed by atoms with van der Waals surface area (Å²) in [5.74, 6) is 0.654. The van der Waals surface area contributed by atoms with Crippen molar-refractivity contribution in [3.8, 4) is 0 Å². The highest BCUT2D eigenvalue weighted by Gasteiger charge is 2.24. The molecule has 6 nitrogen and oxygen atoms in total. The molecule has 0 aromatic heterocycles. The van der Waals surface area contributed by atoms with Crippen LogP contribution in [-0.4, -0.2) is 51.1 Å². The highest BCUT2D eigenvalue weighted by atomic mass is 127. The minimum absolute atomic E-state index is 0. The fourth-order valence-corrected chi connectivity index (χ4v) is 3.22. The summed E-state index contributed by atoms with van der Waals surface area (Å²) in [5, 5.41) is 9.31. The fraction of sp³-hybridized carbons (Fsp3) is 0.529. The number of carbonyl (C=O) groups is 1. The van der Waals surface area contributed by atoms with Gasteiger partial charge in [0.2, 0.25) is 5.91 Å². The smallest absolute Gasteiger partial charge is 0.239 e. The molecule has 0 radical (unpaired) electrons. The summed E-state index contributed by atoms with van der Waals surface area (Å²) in [7, 11) is 1.72. The summed E-state index contributed by atoms with van der Waals surface area (Å²) >= 11 is 3.61. The molecule has 0 aliphatic carbocycles. The molecule has 1 aromatic carbocycles. The van der Waals surface area contributed by atoms with Gasteiger partial charge in [-0.25, -0.2) is 0 Å². The van der Waals surface area contributed by atoms with Gasteiger partial charge in [0, 0.05) is 37.2 Å². The summed E-state index contributed by atoms with van der Waals surface area (Å²) in [4.78, 5) is 18.2. The largest absolute Gasteiger partial charge is 0.368 e. The third-order valence-electron chi connectivity index (χ3n) is 3.93. The van der Waals surface area contributed by atoms with Gasteiger partial charge < -0.3 is 20.9 Å². The molecule has 1 amide bonds. The van der Waals surface area contributed by atoms with Crippen molar-refractivity contribution in [2.75, 3.05) is 38.1 Å². The van der Waals surface area contributed by atoms with E-state index in [4.69, 9.17) is 0 Å². The Bertz CT molecular complexity index is 584. The lowest BCUT2D eigenvalue weighted by atomic mass is 10.3. The quantitative estimate of drug-likeness (QED) is 0.304. The minimum atomic E-state index is -0.0129. The number of halogens is 2. The van der Waals surface area contributed by atoms with E-state index in [0.717, 1.165) is 30.4 Å². The van der Waals surface area contributed by atoms with E-state index in [0.29, 0.717) is 18.5 Å². The second-order valence-corrected chi connectivity index (χ2v) is 6.66. The van der Waals surface area contributed by atoms with E-state index in [2.05, 4.69) is 60.0 Å². The van der Waals surface area contributed by atoms with Gasteiger partial charge in [-0.15, -0.1) is 24.0 Å². The Morgan fingerprint density at radius 3 is 2.80 bits per heavy atom. The standard InChI is InChI=1S/C17H26BrN5O.HI/c1-3-9-20-16(24)11-21-17(19-2)22-13-8-10-23(12-13)15-7-5-4-6-14(15)18;/h4-7,13H,3,8-12H2,1-2H3,(H,20,24)(H2,19,21,22);1H. The van der Waals surface area contributed by atoms with E-state index in [-0.39, 0.29) is 36.4 Å². The third-order valence-corrected chi connectivity index (χ3v) is 4.60. The number of para-hydroxylation sites is 1. The number of amides is 1. The van der Waals surface area contributed by atoms with E-state index in [1.54, 1.807) is 7.05 Å². The normalized spacial score (nSPS) is 17.0. The molecule has 1 atom stereocenters. The molecule has 1 saturated heterocycles. The van der Waals surface area contributed by atoms with Gasteiger partial charge >= 0.3 is 0 Å². The van der Waals surface area contributed by atoms with Gasteiger partial charge in [-0.2, -0.15) is 0 Å². The molecule has 1 unspecified atom stereocenters. The number of guanidine groups is 1. The Morgan fingerprint density at radius 1 is 1.36 bits per heavy atom. The van der Waals surface area contributed by atoms with Crippen molar-refractivity contribution < 1.29 is 4.79 Å². The summed E-state index contributed by atoms with van der Waals surface area (Å²) < 4.78 is 1.11. The average molecular weight is 524 g/mol. The second-order valence-electron chi connectivity index (χ2n) is 5.80. The van der Waals surface area contributed by atoms with Crippen LogP contribution in [0.2, 0.25) is 0 Å². The maximum Gasteiger partial charge on any atom is 0.239 e. The van der Waals surface area contributed by atoms with Crippen LogP contribution in [0.25, 0.3) is 0 Å². The third kappa shape index (κ3) is 7.01. The van der Waals surface area contributed by atoms with Crippen LogP contribution < -0.4 is 20.9 Å².